The SMILES string of the molecule is CCCn1cc(C(=O)NC(C)(C(=O)O)c2ccc(Cl)c(Cl)c2)cn1. The van der Waals surface area contributed by atoms with Crippen LogP contribution in [0.5, 0.6) is 0 Å². The Morgan fingerprint density at radius 3 is 2.62 bits per heavy atom. The second-order valence-electron chi connectivity index (χ2n) is 5.51. The summed E-state index contributed by atoms with van der Waals surface area (Å²) in [6.07, 6.45) is 3.86. The van der Waals surface area contributed by atoms with Crippen LogP contribution in [0.15, 0.2) is 30.6 Å². The van der Waals surface area contributed by atoms with E-state index < -0.39 is 17.4 Å². The number of hydrogen-bond donors (Lipinski definition) is 2. The molecule has 0 bridgehead atoms. The van der Waals surface area contributed by atoms with E-state index in [4.69, 9.17) is 23.2 Å². The number of nitrogens with one attached hydrogen (secondary N) is 1. The average molecular weight is 370 g/mol. The summed E-state index contributed by atoms with van der Waals surface area (Å²) in [7, 11) is 0. The molecule has 1 unspecified atom stereocenters. The number of aryl methyl sites for hydroxylation is 1. The van der Waals surface area contributed by atoms with E-state index in [2.05, 4.69) is 10.4 Å². The van der Waals surface area contributed by atoms with Gasteiger partial charge in [-0.05, 0) is 31.0 Å². The van der Waals surface area contributed by atoms with E-state index in [1.165, 1.54) is 31.3 Å². The molecule has 0 fully saturated rings. The van der Waals surface area contributed by atoms with Crippen molar-refractivity contribution in [2.75, 3.05) is 0 Å². The molecule has 2 aromatic rings. The Morgan fingerprint density at radius 2 is 2.04 bits per heavy atom. The number of carboxylic acid groups (broad SMARTS) is 1. The number of hydrogen-bond acceptors (Lipinski definition) is 3. The summed E-state index contributed by atoms with van der Waals surface area (Å²) in [5, 5.41) is 16.7. The zero-order valence-electron chi connectivity index (χ0n) is 13.2. The molecule has 0 spiro atoms. The third kappa shape index (κ3) is 3.71. The highest BCUT2D eigenvalue weighted by Crippen LogP contribution is 2.29. The predicted molar refractivity (Wildman–Crippen MR) is 91.4 cm³/mol. The molecule has 0 aliphatic carbocycles. The van der Waals surface area contributed by atoms with Crippen molar-refractivity contribution < 1.29 is 14.7 Å². The summed E-state index contributed by atoms with van der Waals surface area (Å²) in [4.78, 5) is 24.2. The Kier molecular flexibility index (Phi) is 5.51. The fourth-order valence-electron chi connectivity index (χ4n) is 2.19. The minimum Gasteiger partial charge on any atom is -0.479 e. The lowest BCUT2D eigenvalue weighted by Crippen LogP contribution is -2.49. The van der Waals surface area contributed by atoms with Crippen LogP contribution in [0.2, 0.25) is 10.0 Å². The van der Waals surface area contributed by atoms with Gasteiger partial charge in [0.15, 0.2) is 5.54 Å². The third-order valence-corrected chi connectivity index (χ3v) is 4.38. The van der Waals surface area contributed by atoms with Crippen LogP contribution in [0.4, 0.5) is 0 Å². The van der Waals surface area contributed by atoms with Crippen LogP contribution >= 0.6 is 23.2 Å². The second kappa shape index (κ2) is 7.23. The van der Waals surface area contributed by atoms with Gasteiger partial charge in [0.2, 0.25) is 0 Å². The first-order valence-electron chi connectivity index (χ1n) is 7.31. The second-order valence-corrected chi connectivity index (χ2v) is 6.32. The van der Waals surface area contributed by atoms with Gasteiger partial charge in [0, 0.05) is 12.7 Å². The summed E-state index contributed by atoms with van der Waals surface area (Å²) < 4.78 is 1.63. The molecule has 1 aromatic heterocycles. The molecule has 0 aliphatic heterocycles. The van der Waals surface area contributed by atoms with Crippen molar-refractivity contribution in [3.63, 3.8) is 0 Å². The minimum absolute atomic E-state index is 0.214. The molecular formula is C16H17Cl2N3O3. The zero-order chi connectivity index (χ0) is 17.9. The summed E-state index contributed by atoms with van der Waals surface area (Å²) in [6.45, 7) is 4.06. The molecule has 0 saturated heterocycles. The number of halogens is 2. The fraction of sp³-hybridized carbons (Fsp3) is 0.312. The Labute approximate surface area is 149 Å². The number of aliphatic carboxylic acids is 1. The maximum Gasteiger partial charge on any atom is 0.333 e. The van der Waals surface area contributed by atoms with Gasteiger partial charge in [0.05, 0.1) is 21.8 Å². The van der Waals surface area contributed by atoms with Crippen LogP contribution in [0.1, 0.15) is 36.2 Å². The van der Waals surface area contributed by atoms with Crippen molar-refractivity contribution in [1.82, 2.24) is 15.1 Å². The summed E-state index contributed by atoms with van der Waals surface area (Å²) >= 11 is 11.8. The van der Waals surface area contributed by atoms with E-state index >= 15 is 0 Å². The topological polar surface area (TPSA) is 84.2 Å². The number of carbonyl (C=O) groups excluding carboxylic acids is 1. The van der Waals surface area contributed by atoms with Gasteiger partial charge >= 0.3 is 5.97 Å². The van der Waals surface area contributed by atoms with Crippen LogP contribution in [0.25, 0.3) is 0 Å². The van der Waals surface area contributed by atoms with Gasteiger partial charge in [-0.1, -0.05) is 36.2 Å². The van der Waals surface area contributed by atoms with E-state index in [1.807, 2.05) is 6.92 Å². The van der Waals surface area contributed by atoms with Crippen LogP contribution < -0.4 is 5.32 Å². The van der Waals surface area contributed by atoms with Crippen molar-refractivity contribution >= 4 is 35.1 Å². The van der Waals surface area contributed by atoms with Crippen molar-refractivity contribution in [2.45, 2.75) is 32.4 Å². The molecule has 1 amide bonds. The quantitative estimate of drug-likeness (QED) is 0.817. The molecule has 1 aromatic carbocycles. The van der Waals surface area contributed by atoms with Crippen LogP contribution in [-0.2, 0) is 16.9 Å². The molecule has 0 saturated carbocycles. The maximum absolute atomic E-state index is 12.4. The van der Waals surface area contributed by atoms with E-state index in [0.717, 1.165) is 6.42 Å². The smallest absolute Gasteiger partial charge is 0.333 e. The molecule has 2 rings (SSSR count). The zero-order valence-corrected chi connectivity index (χ0v) is 14.7. The lowest BCUT2D eigenvalue weighted by atomic mass is 9.91. The molecule has 128 valence electrons. The lowest BCUT2D eigenvalue weighted by molar-refractivity contribution is -0.144. The predicted octanol–water partition coefficient (Wildman–Crippen LogP) is 3.33. The number of amides is 1. The van der Waals surface area contributed by atoms with Crippen molar-refractivity contribution in [3.8, 4) is 0 Å². The Hall–Kier alpha value is -2.05. The van der Waals surface area contributed by atoms with Gasteiger partial charge < -0.3 is 10.4 Å². The van der Waals surface area contributed by atoms with Crippen molar-refractivity contribution in [1.29, 1.82) is 0 Å². The number of carbonyl (C=O) groups is 2. The molecule has 24 heavy (non-hydrogen) atoms. The molecule has 8 heteroatoms. The molecule has 2 N–H and O–H groups in total. The Balaban J connectivity index is 2.31. The van der Waals surface area contributed by atoms with Gasteiger partial charge in [-0.2, -0.15) is 5.10 Å². The highest BCUT2D eigenvalue weighted by molar-refractivity contribution is 6.42. The number of carboxylic acids is 1. The van der Waals surface area contributed by atoms with Crippen LogP contribution in [0.3, 0.4) is 0 Å². The molecule has 1 heterocycles. The monoisotopic (exact) mass is 369 g/mol. The minimum atomic E-state index is -1.65. The summed E-state index contributed by atoms with van der Waals surface area (Å²) in [5.74, 6) is -1.75. The Bertz CT molecular complexity index is 776. The standard InChI is InChI=1S/C16H17Cl2N3O3/c1-3-6-21-9-10(8-19-21)14(22)20-16(2,15(23)24)11-4-5-12(17)13(18)7-11/h4-5,7-9H,3,6H2,1-2H3,(H,20,22)(H,23,24). The third-order valence-electron chi connectivity index (χ3n) is 3.64. The first-order chi connectivity index (χ1) is 11.3. The molecule has 0 aliphatic rings. The van der Waals surface area contributed by atoms with Gasteiger partial charge in [-0.25, -0.2) is 4.79 Å². The highest BCUT2D eigenvalue weighted by Gasteiger charge is 2.37. The van der Waals surface area contributed by atoms with E-state index in [0.29, 0.717) is 17.1 Å². The molecule has 1 atom stereocenters. The number of aromatic nitrogens is 2. The summed E-state index contributed by atoms with van der Waals surface area (Å²) in [5.41, 5.74) is -1.05. The molecule has 6 nitrogen and oxygen atoms in total. The van der Waals surface area contributed by atoms with Gasteiger partial charge in [-0.15, -0.1) is 0 Å². The number of benzene rings is 1. The van der Waals surface area contributed by atoms with E-state index in [9.17, 15) is 14.7 Å². The van der Waals surface area contributed by atoms with Gasteiger partial charge in [0.25, 0.3) is 5.91 Å². The van der Waals surface area contributed by atoms with E-state index in [-0.39, 0.29) is 10.6 Å². The average Bonchev–Trinajstić information content (AvgIpc) is 2.99. The van der Waals surface area contributed by atoms with Crippen molar-refractivity contribution in [2.24, 2.45) is 0 Å². The fourth-order valence-corrected chi connectivity index (χ4v) is 2.49. The number of nitrogens with zero attached hydrogens (tertiary/aromatic N) is 2. The van der Waals surface area contributed by atoms with Gasteiger partial charge in [-0.3, -0.25) is 9.48 Å². The van der Waals surface area contributed by atoms with Crippen molar-refractivity contribution in [3.05, 3.63) is 51.8 Å². The van der Waals surface area contributed by atoms with E-state index in [1.54, 1.807) is 10.9 Å². The molecular weight excluding hydrogens is 353 g/mol. The first-order valence-corrected chi connectivity index (χ1v) is 8.07. The van der Waals surface area contributed by atoms with Gasteiger partial charge in [0.1, 0.15) is 0 Å². The van der Waals surface area contributed by atoms with Crippen LogP contribution in [0, 0.1) is 0 Å². The molecule has 0 radical (unpaired) electrons. The number of rotatable bonds is 6. The first kappa shape index (κ1) is 18.3. The normalized spacial score (nSPS) is 13.3. The Morgan fingerprint density at radius 1 is 1.33 bits per heavy atom. The lowest BCUT2D eigenvalue weighted by Gasteiger charge is -2.27. The largest absolute Gasteiger partial charge is 0.479 e. The van der Waals surface area contributed by atoms with Crippen LogP contribution in [-0.4, -0.2) is 26.8 Å². The maximum atomic E-state index is 12.4. The summed E-state index contributed by atoms with van der Waals surface area (Å²) in [6, 6.07) is 4.44. The highest BCUT2D eigenvalue weighted by atomic mass is 35.5.